The standard InChI is InChI=1S/C19H37N5O4/c1-18(2,3)28-17(27)21-19(4,5)16(26)20-8-9-23(7)14-15(25)24-12-10-22(6)11-13-24/h8-14H2,1-7H3,(H,20,26)(H,21,27). The van der Waals surface area contributed by atoms with Crippen LogP contribution in [0.4, 0.5) is 4.79 Å². The monoisotopic (exact) mass is 399 g/mol. The van der Waals surface area contributed by atoms with Gasteiger partial charge in [0.15, 0.2) is 0 Å². The molecule has 1 fully saturated rings. The molecular weight excluding hydrogens is 362 g/mol. The molecule has 1 heterocycles. The van der Waals surface area contributed by atoms with E-state index in [1.165, 1.54) is 0 Å². The summed E-state index contributed by atoms with van der Waals surface area (Å²) in [4.78, 5) is 42.5. The number of hydrogen-bond acceptors (Lipinski definition) is 6. The Balaban J connectivity index is 2.33. The van der Waals surface area contributed by atoms with E-state index in [2.05, 4.69) is 22.6 Å². The molecule has 0 aromatic heterocycles. The van der Waals surface area contributed by atoms with E-state index in [0.29, 0.717) is 19.6 Å². The lowest BCUT2D eigenvalue weighted by Crippen LogP contribution is -2.56. The SMILES string of the molecule is CN1CCN(C(=O)CN(C)CCNC(=O)C(C)(C)NC(=O)OC(C)(C)C)CC1. The highest BCUT2D eigenvalue weighted by molar-refractivity contribution is 5.89. The first-order valence-electron chi connectivity index (χ1n) is 9.74. The van der Waals surface area contributed by atoms with Crippen molar-refractivity contribution in [3.05, 3.63) is 0 Å². The largest absolute Gasteiger partial charge is 0.444 e. The van der Waals surface area contributed by atoms with E-state index >= 15 is 0 Å². The molecule has 0 saturated carbocycles. The fourth-order valence-corrected chi connectivity index (χ4v) is 2.66. The second kappa shape index (κ2) is 10.1. The molecule has 2 N–H and O–H groups in total. The maximum Gasteiger partial charge on any atom is 0.408 e. The van der Waals surface area contributed by atoms with E-state index in [1.807, 2.05) is 16.8 Å². The number of carbonyl (C=O) groups is 3. The van der Waals surface area contributed by atoms with Gasteiger partial charge >= 0.3 is 6.09 Å². The third kappa shape index (κ3) is 8.88. The van der Waals surface area contributed by atoms with E-state index in [1.54, 1.807) is 34.6 Å². The van der Waals surface area contributed by atoms with Crippen molar-refractivity contribution < 1.29 is 19.1 Å². The topological polar surface area (TPSA) is 94.2 Å². The summed E-state index contributed by atoms with van der Waals surface area (Å²) < 4.78 is 5.19. The first-order chi connectivity index (χ1) is 12.8. The number of nitrogens with zero attached hydrogens (tertiary/aromatic N) is 3. The van der Waals surface area contributed by atoms with Crippen molar-refractivity contribution in [1.82, 2.24) is 25.3 Å². The van der Waals surface area contributed by atoms with Gasteiger partial charge in [0, 0.05) is 39.3 Å². The number of piperazine rings is 1. The number of likely N-dealkylation sites (N-methyl/N-ethyl adjacent to an activating group) is 2. The molecule has 0 aromatic carbocycles. The van der Waals surface area contributed by atoms with Crippen LogP contribution in [0.2, 0.25) is 0 Å². The Labute approximate surface area is 168 Å². The summed E-state index contributed by atoms with van der Waals surface area (Å²) in [7, 11) is 3.90. The summed E-state index contributed by atoms with van der Waals surface area (Å²) in [5.74, 6) is -0.203. The zero-order valence-corrected chi connectivity index (χ0v) is 18.4. The van der Waals surface area contributed by atoms with Crippen molar-refractivity contribution in [2.75, 3.05) is 59.9 Å². The first kappa shape index (κ1) is 24.2. The number of nitrogens with one attached hydrogen (secondary N) is 2. The van der Waals surface area contributed by atoms with E-state index < -0.39 is 17.2 Å². The van der Waals surface area contributed by atoms with Gasteiger partial charge in [-0.1, -0.05) is 0 Å². The highest BCUT2D eigenvalue weighted by Gasteiger charge is 2.31. The van der Waals surface area contributed by atoms with Gasteiger partial charge in [-0.15, -0.1) is 0 Å². The molecule has 9 heteroatoms. The molecule has 0 atom stereocenters. The van der Waals surface area contributed by atoms with Crippen LogP contribution in [-0.2, 0) is 14.3 Å². The van der Waals surface area contributed by atoms with Crippen molar-refractivity contribution in [3.63, 3.8) is 0 Å². The lowest BCUT2D eigenvalue weighted by molar-refractivity contribution is -0.133. The molecule has 28 heavy (non-hydrogen) atoms. The zero-order chi connectivity index (χ0) is 21.5. The Morgan fingerprint density at radius 3 is 2.14 bits per heavy atom. The fraction of sp³-hybridized carbons (Fsp3) is 0.842. The maximum atomic E-state index is 12.4. The average Bonchev–Trinajstić information content (AvgIpc) is 2.52. The van der Waals surface area contributed by atoms with Crippen molar-refractivity contribution in [2.45, 2.75) is 45.8 Å². The molecule has 0 aromatic rings. The van der Waals surface area contributed by atoms with Crippen molar-refractivity contribution in [1.29, 1.82) is 0 Å². The summed E-state index contributed by atoms with van der Waals surface area (Å²) in [6.45, 7) is 13.1. The Morgan fingerprint density at radius 1 is 1.04 bits per heavy atom. The highest BCUT2D eigenvalue weighted by Crippen LogP contribution is 2.09. The number of ether oxygens (including phenoxy) is 1. The molecule has 162 valence electrons. The summed E-state index contributed by atoms with van der Waals surface area (Å²) in [6.07, 6.45) is -0.637. The van der Waals surface area contributed by atoms with E-state index in [0.717, 1.165) is 26.2 Å². The normalized spacial score (nSPS) is 16.1. The van der Waals surface area contributed by atoms with Crippen LogP contribution in [0.5, 0.6) is 0 Å². The molecule has 1 aliphatic rings. The number of rotatable bonds is 7. The lowest BCUT2D eigenvalue weighted by Gasteiger charge is -2.33. The van der Waals surface area contributed by atoms with Gasteiger partial charge in [0.2, 0.25) is 11.8 Å². The molecule has 0 bridgehead atoms. The lowest BCUT2D eigenvalue weighted by atomic mass is 10.1. The molecule has 0 spiro atoms. The van der Waals surface area contributed by atoms with Crippen LogP contribution in [-0.4, -0.2) is 104 Å². The zero-order valence-electron chi connectivity index (χ0n) is 18.4. The molecule has 3 amide bonds. The van der Waals surface area contributed by atoms with Crippen LogP contribution in [0, 0.1) is 0 Å². The van der Waals surface area contributed by atoms with E-state index in [4.69, 9.17) is 4.74 Å². The summed E-state index contributed by atoms with van der Waals surface area (Å²) in [6, 6.07) is 0. The van der Waals surface area contributed by atoms with Crippen LogP contribution in [0.1, 0.15) is 34.6 Å². The number of carbonyl (C=O) groups excluding carboxylic acids is 3. The van der Waals surface area contributed by atoms with Gasteiger partial charge in [-0.25, -0.2) is 4.79 Å². The second-order valence-corrected chi connectivity index (χ2v) is 8.93. The number of hydrogen-bond donors (Lipinski definition) is 2. The smallest absolute Gasteiger partial charge is 0.408 e. The third-order valence-electron chi connectivity index (χ3n) is 4.42. The minimum atomic E-state index is -1.10. The summed E-state index contributed by atoms with van der Waals surface area (Å²) in [5.41, 5.74) is -1.73. The first-order valence-corrected chi connectivity index (χ1v) is 9.74. The summed E-state index contributed by atoms with van der Waals surface area (Å²) in [5, 5.41) is 5.38. The van der Waals surface area contributed by atoms with Gasteiger partial charge < -0.3 is 25.2 Å². The van der Waals surface area contributed by atoms with Crippen LogP contribution in [0.3, 0.4) is 0 Å². The fourth-order valence-electron chi connectivity index (χ4n) is 2.66. The Bertz CT molecular complexity index is 551. The third-order valence-corrected chi connectivity index (χ3v) is 4.42. The molecule has 0 aliphatic carbocycles. The predicted molar refractivity (Wildman–Crippen MR) is 108 cm³/mol. The Morgan fingerprint density at radius 2 is 1.61 bits per heavy atom. The predicted octanol–water partition coefficient (Wildman–Crippen LogP) is 0.112. The van der Waals surface area contributed by atoms with Crippen LogP contribution < -0.4 is 10.6 Å². The second-order valence-electron chi connectivity index (χ2n) is 8.93. The Hall–Kier alpha value is -1.87. The van der Waals surface area contributed by atoms with E-state index in [9.17, 15) is 14.4 Å². The maximum absolute atomic E-state index is 12.4. The van der Waals surface area contributed by atoms with Gasteiger partial charge in [-0.2, -0.15) is 0 Å². The van der Waals surface area contributed by atoms with Crippen molar-refractivity contribution >= 4 is 17.9 Å². The van der Waals surface area contributed by atoms with Gasteiger partial charge in [-0.3, -0.25) is 14.5 Å². The number of alkyl carbamates (subject to hydrolysis) is 1. The summed E-state index contributed by atoms with van der Waals surface area (Å²) >= 11 is 0. The molecule has 9 nitrogen and oxygen atoms in total. The average molecular weight is 400 g/mol. The minimum absolute atomic E-state index is 0.105. The van der Waals surface area contributed by atoms with Crippen LogP contribution in [0.15, 0.2) is 0 Å². The molecule has 1 aliphatic heterocycles. The Kier molecular flexibility index (Phi) is 8.69. The molecule has 1 rings (SSSR count). The highest BCUT2D eigenvalue weighted by atomic mass is 16.6. The van der Waals surface area contributed by atoms with E-state index in [-0.39, 0.29) is 11.8 Å². The molecule has 0 radical (unpaired) electrons. The number of amides is 3. The molecule has 0 unspecified atom stereocenters. The minimum Gasteiger partial charge on any atom is -0.444 e. The quantitative estimate of drug-likeness (QED) is 0.631. The van der Waals surface area contributed by atoms with Crippen LogP contribution in [0.25, 0.3) is 0 Å². The van der Waals surface area contributed by atoms with Gasteiger partial charge in [-0.05, 0) is 48.7 Å². The van der Waals surface area contributed by atoms with Crippen molar-refractivity contribution in [3.8, 4) is 0 Å². The van der Waals surface area contributed by atoms with Gasteiger partial charge in [0.1, 0.15) is 11.1 Å². The molecular formula is C19H37N5O4. The van der Waals surface area contributed by atoms with Crippen LogP contribution >= 0.6 is 0 Å². The van der Waals surface area contributed by atoms with Crippen molar-refractivity contribution in [2.24, 2.45) is 0 Å². The molecule has 1 saturated heterocycles. The van der Waals surface area contributed by atoms with Gasteiger partial charge in [0.25, 0.3) is 0 Å². The van der Waals surface area contributed by atoms with Gasteiger partial charge in [0.05, 0.1) is 6.54 Å².